The van der Waals surface area contributed by atoms with Crippen molar-refractivity contribution >= 4 is 15.7 Å². The van der Waals surface area contributed by atoms with Crippen molar-refractivity contribution in [3.05, 3.63) is 48.0 Å². The number of aryl methyl sites for hydroxylation is 1. The molecule has 2 aromatic rings. The van der Waals surface area contributed by atoms with Gasteiger partial charge >= 0.3 is 6.61 Å². The fourth-order valence-electron chi connectivity index (χ4n) is 1.86. The molecule has 124 valence electrons. The van der Waals surface area contributed by atoms with Crippen molar-refractivity contribution in [1.82, 2.24) is 0 Å². The van der Waals surface area contributed by atoms with Gasteiger partial charge in [0.05, 0.1) is 17.7 Å². The smallest absolute Gasteiger partial charge is 0.387 e. The van der Waals surface area contributed by atoms with Gasteiger partial charge in [-0.15, -0.1) is 0 Å². The highest BCUT2D eigenvalue weighted by Gasteiger charge is 2.16. The zero-order valence-electron chi connectivity index (χ0n) is 12.4. The van der Waals surface area contributed by atoms with Crippen molar-refractivity contribution in [2.24, 2.45) is 0 Å². The van der Waals surface area contributed by atoms with E-state index >= 15 is 0 Å². The highest BCUT2D eigenvalue weighted by atomic mass is 32.2. The number of hydrogen-bond donors (Lipinski definition) is 1. The summed E-state index contributed by atoms with van der Waals surface area (Å²) in [5, 5.41) is 0. The molecule has 2 aromatic carbocycles. The summed E-state index contributed by atoms with van der Waals surface area (Å²) in [5.41, 5.74) is 1.10. The molecule has 2 rings (SSSR count). The molecule has 0 heterocycles. The van der Waals surface area contributed by atoms with Gasteiger partial charge in [0.2, 0.25) is 0 Å². The van der Waals surface area contributed by atoms with Crippen LogP contribution in [0.2, 0.25) is 0 Å². The third-order valence-electron chi connectivity index (χ3n) is 2.96. The molecule has 5 nitrogen and oxygen atoms in total. The van der Waals surface area contributed by atoms with Crippen LogP contribution in [0, 0.1) is 6.92 Å². The van der Waals surface area contributed by atoms with Crippen molar-refractivity contribution < 1.29 is 26.7 Å². The molecule has 0 fully saturated rings. The quantitative estimate of drug-likeness (QED) is 0.873. The van der Waals surface area contributed by atoms with Crippen LogP contribution >= 0.6 is 0 Å². The first kappa shape index (κ1) is 17.0. The van der Waals surface area contributed by atoms with E-state index in [-0.39, 0.29) is 22.1 Å². The number of benzene rings is 2. The Labute approximate surface area is 132 Å². The lowest BCUT2D eigenvalue weighted by Gasteiger charge is -2.13. The zero-order chi connectivity index (χ0) is 17.0. The first-order chi connectivity index (χ1) is 10.8. The van der Waals surface area contributed by atoms with Crippen LogP contribution in [-0.2, 0) is 10.0 Å². The van der Waals surface area contributed by atoms with Gasteiger partial charge < -0.3 is 9.47 Å². The van der Waals surface area contributed by atoms with Crippen LogP contribution in [-0.4, -0.2) is 22.1 Å². The third kappa shape index (κ3) is 4.32. The second-order valence-electron chi connectivity index (χ2n) is 4.66. The maximum atomic E-state index is 12.3. The van der Waals surface area contributed by atoms with Crippen LogP contribution in [0.25, 0.3) is 0 Å². The van der Waals surface area contributed by atoms with Crippen molar-refractivity contribution in [2.45, 2.75) is 18.4 Å². The lowest BCUT2D eigenvalue weighted by atomic mass is 10.2. The van der Waals surface area contributed by atoms with Crippen LogP contribution < -0.4 is 14.2 Å². The van der Waals surface area contributed by atoms with Gasteiger partial charge in [0, 0.05) is 6.07 Å². The molecule has 1 N–H and O–H groups in total. The summed E-state index contributed by atoms with van der Waals surface area (Å²) in [4.78, 5) is 0.0926. The van der Waals surface area contributed by atoms with Crippen LogP contribution in [0.4, 0.5) is 14.5 Å². The van der Waals surface area contributed by atoms with Crippen LogP contribution in [0.5, 0.6) is 11.5 Å². The average Bonchev–Trinajstić information content (AvgIpc) is 2.48. The molecule has 8 heteroatoms. The van der Waals surface area contributed by atoms with Gasteiger partial charge in [0.15, 0.2) is 11.5 Å². The average molecular weight is 343 g/mol. The standard InChI is InChI=1S/C15H15F2NO4S/c1-10-3-6-12(7-4-10)23(19,20)18-11-5-8-13(22-15(16)17)14(9-11)21-2/h3-9,15,18H,1-2H3. The summed E-state index contributed by atoms with van der Waals surface area (Å²) in [7, 11) is -2.52. The van der Waals surface area contributed by atoms with Gasteiger partial charge in [-0.2, -0.15) is 8.78 Å². The van der Waals surface area contributed by atoms with Gasteiger partial charge in [0.1, 0.15) is 0 Å². The lowest BCUT2D eigenvalue weighted by molar-refractivity contribution is -0.0512. The van der Waals surface area contributed by atoms with Gasteiger partial charge in [-0.25, -0.2) is 8.42 Å². The van der Waals surface area contributed by atoms with E-state index in [0.717, 1.165) is 5.56 Å². The van der Waals surface area contributed by atoms with E-state index in [4.69, 9.17) is 4.74 Å². The minimum atomic E-state index is -3.79. The minimum Gasteiger partial charge on any atom is -0.493 e. The molecule has 0 amide bonds. The topological polar surface area (TPSA) is 64.6 Å². The molecule has 0 saturated carbocycles. The molecular weight excluding hydrogens is 328 g/mol. The van der Waals surface area contributed by atoms with E-state index < -0.39 is 16.6 Å². The van der Waals surface area contributed by atoms with E-state index in [1.807, 2.05) is 6.92 Å². The first-order valence-electron chi connectivity index (χ1n) is 6.54. The molecule has 0 aromatic heterocycles. The van der Waals surface area contributed by atoms with E-state index in [9.17, 15) is 17.2 Å². The van der Waals surface area contributed by atoms with Crippen molar-refractivity contribution in [2.75, 3.05) is 11.8 Å². The molecule has 0 radical (unpaired) electrons. The summed E-state index contributed by atoms with van der Waals surface area (Å²) < 4.78 is 60.7. The maximum Gasteiger partial charge on any atom is 0.387 e. The molecule has 23 heavy (non-hydrogen) atoms. The predicted octanol–water partition coefficient (Wildman–Crippen LogP) is 3.41. The number of ether oxygens (including phenoxy) is 2. The Morgan fingerprint density at radius 2 is 1.70 bits per heavy atom. The predicted molar refractivity (Wildman–Crippen MR) is 81.6 cm³/mol. The number of nitrogens with one attached hydrogen (secondary N) is 1. The highest BCUT2D eigenvalue weighted by molar-refractivity contribution is 7.92. The Kier molecular flexibility index (Phi) is 5.05. The maximum absolute atomic E-state index is 12.3. The third-order valence-corrected chi connectivity index (χ3v) is 4.36. The van der Waals surface area contributed by atoms with Crippen molar-refractivity contribution in [3.8, 4) is 11.5 Å². The van der Waals surface area contributed by atoms with E-state index in [1.165, 1.54) is 37.4 Å². The zero-order valence-corrected chi connectivity index (χ0v) is 13.2. The molecule has 0 spiro atoms. The molecule has 0 aliphatic rings. The fourth-order valence-corrected chi connectivity index (χ4v) is 2.91. The van der Waals surface area contributed by atoms with Crippen molar-refractivity contribution in [3.63, 3.8) is 0 Å². The fraction of sp³-hybridized carbons (Fsp3) is 0.200. The first-order valence-corrected chi connectivity index (χ1v) is 8.02. The Hall–Kier alpha value is -2.35. The molecular formula is C15H15F2NO4S. The number of rotatable bonds is 6. The number of anilines is 1. The Morgan fingerprint density at radius 3 is 2.26 bits per heavy atom. The second kappa shape index (κ2) is 6.82. The lowest BCUT2D eigenvalue weighted by Crippen LogP contribution is -2.13. The minimum absolute atomic E-state index is 0.00518. The molecule has 0 saturated heterocycles. The van der Waals surface area contributed by atoms with Gasteiger partial charge in [-0.1, -0.05) is 17.7 Å². The summed E-state index contributed by atoms with van der Waals surface area (Å²) in [6, 6.07) is 10.1. The second-order valence-corrected chi connectivity index (χ2v) is 6.35. The number of hydrogen-bond acceptors (Lipinski definition) is 4. The number of alkyl halides is 2. The van der Waals surface area contributed by atoms with Gasteiger partial charge in [0.25, 0.3) is 10.0 Å². The Bertz CT molecular complexity index is 777. The van der Waals surface area contributed by atoms with E-state index in [2.05, 4.69) is 9.46 Å². The van der Waals surface area contributed by atoms with Crippen molar-refractivity contribution in [1.29, 1.82) is 0 Å². The summed E-state index contributed by atoms with van der Waals surface area (Å²) in [5.74, 6) is -0.185. The molecule has 0 unspecified atom stereocenters. The number of sulfonamides is 1. The molecule has 0 aliphatic heterocycles. The highest BCUT2D eigenvalue weighted by Crippen LogP contribution is 2.32. The van der Waals surface area contributed by atoms with Gasteiger partial charge in [-0.3, -0.25) is 4.72 Å². The largest absolute Gasteiger partial charge is 0.493 e. The summed E-state index contributed by atoms with van der Waals surface area (Å²) in [6.07, 6.45) is 0. The Morgan fingerprint density at radius 1 is 1.04 bits per heavy atom. The van der Waals surface area contributed by atoms with E-state index in [0.29, 0.717) is 0 Å². The summed E-state index contributed by atoms with van der Waals surface area (Å²) >= 11 is 0. The number of methoxy groups -OCH3 is 1. The number of halogens is 2. The Balaban J connectivity index is 2.27. The molecule has 0 atom stereocenters. The van der Waals surface area contributed by atoms with E-state index in [1.54, 1.807) is 12.1 Å². The van der Waals surface area contributed by atoms with Crippen LogP contribution in [0.1, 0.15) is 5.56 Å². The normalized spacial score (nSPS) is 11.3. The summed E-state index contributed by atoms with van der Waals surface area (Å²) in [6.45, 7) is -1.16. The van der Waals surface area contributed by atoms with Crippen LogP contribution in [0.15, 0.2) is 47.4 Å². The molecule has 0 aliphatic carbocycles. The monoisotopic (exact) mass is 343 g/mol. The SMILES string of the molecule is COc1cc(NS(=O)(=O)c2ccc(C)cc2)ccc1OC(F)F. The van der Waals surface area contributed by atoms with Gasteiger partial charge in [-0.05, 0) is 31.2 Å². The molecule has 0 bridgehead atoms. The van der Waals surface area contributed by atoms with Crippen LogP contribution in [0.3, 0.4) is 0 Å².